The van der Waals surface area contributed by atoms with Gasteiger partial charge in [0.05, 0.1) is 11.2 Å². The summed E-state index contributed by atoms with van der Waals surface area (Å²) < 4.78 is 29.2. The van der Waals surface area contributed by atoms with E-state index in [1.165, 1.54) is 6.07 Å². The lowest BCUT2D eigenvalue weighted by atomic mass is 9.84. The summed E-state index contributed by atoms with van der Waals surface area (Å²) in [6, 6.07) is 6.46. The Morgan fingerprint density at radius 1 is 1.38 bits per heavy atom. The second kappa shape index (κ2) is 5.97. The summed E-state index contributed by atoms with van der Waals surface area (Å²) in [4.78, 5) is 14.6. The number of hydrogen-bond donors (Lipinski definition) is 1. The van der Waals surface area contributed by atoms with Crippen LogP contribution in [-0.2, 0) is 4.79 Å². The molecule has 116 valence electrons. The Bertz CT molecular complexity index is 522. The number of nitrogens with zero attached hydrogens (tertiary/aromatic N) is 1. The van der Waals surface area contributed by atoms with Crippen molar-refractivity contribution in [1.82, 2.24) is 4.90 Å². The van der Waals surface area contributed by atoms with Gasteiger partial charge in [0.1, 0.15) is 5.75 Å². The summed E-state index contributed by atoms with van der Waals surface area (Å²) in [5, 5.41) is 2.70. The van der Waals surface area contributed by atoms with Crippen LogP contribution in [0.2, 0.25) is 0 Å². The van der Waals surface area contributed by atoms with E-state index >= 15 is 0 Å². The van der Waals surface area contributed by atoms with Crippen LogP contribution in [0.25, 0.3) is 0 Å². The number of nitrogens with one attached hydrogen (secondary N) is 1. The molecule has 6 heteroatoms. The minimum Gasteiger partial charge on any atom is -0.433 e. The van der Waals surface area contributed by atoms with Crippen molar-refractivity contribution in [1.29, 1.82) is 0 Å². The van der Waals surface area contributed by atoms with Gasteiger partial charge >= 0.3 is 6.61 Å². The molecule has 1 fully saturated rings. The average Bonchev–Trinajstić information content (AvgIpc) is 2.37. The van der Waals surface area contributed by atoms with Gasteiger partial charge in [-0.3, -0.25) is 9.69 Å². The van der Waals surface area contributed by atoms with Crippen molar-refractivity contribution in [2.24, 2.45) is 0 Å². The van der Waals surface area contributed by atoms with Crippen LogP contribution in [0.4, 0.5) is 14.5 Å². The summed E-state index contributed by atoms with van der Waals surface area (Å²) in [6.45, 7) is 3.85. The second-order valence-electron chi connectivity index (χ2n) is 5.64. The number of halogens is 2. The van der Waals surface area contributed by atoms with Gasteiger partial charge in [-0.15, -0.1) is 0 Å². The molecule has 4 nitrogen and oxygen atoms in total. The maximum Gasteiger partial charge on any atom is 0.387 e. The molecule has 1 saturated heterocycles. The van der Waals surface area contributed by atoms with E-state index in [-0.39, 0.29) is 23.4 Å². The maximum atomic E-state index is 12.5. The molecule has 1 heterocycles. The van der Waals surface area contributed by atoms with E-state index in [1.807, 2.05) is 20.8 Å². The molecule has 1 aromatic rings. The summed E-state index contributed by atoms with van der Waals surface area (Å²) >= 11 is 0. The van der Waals surface area contributed by atoms with Crippen molar-refractivity contribution >= 4 is 11.6 Å². The lowest BCUT2D eigenvalue weighted by molar-refractivity contribution is -0.138. The lowest BCUT2D eigenvalue weighted by Crippen LogP contribution is -2.66. The van der Waals surface area contributed by atoms with Gasteiger partial charge in [-0.05, 0) is 39.3 Å². The normalized spacial score (nSPS) is 22.2. The monoisotopic (exact) mass is 298 g/mol. The molecule has 0 aromatic heterocycles. The molecule has 1 aliphatic heterocycles. The van der Waals surface area contributed by atoms with Crippen molar-refractivity contribution in [2.45, 2.75) is 45.4 Å². The Balaban J connectivity index is 2.13. The Morgan fingerprint density at radius 2 is 2.05 bits per heavy atom. The van der Waals surface area contributed by atoms with E-state index in [4.69, 9.17) is 0 Å². The number of alkyl halides is 2. The third-order valence-electron chi connectivity index (χ3n) is 3.94. The first-order chi connectivity index (χ1) is 9.84. The molecule has 21 heavy (non-hydrogen) atoms. The number of para-hydroxylation sites is 2. The zero-order valence-corrected chi connectivity index (χ0v) is 12.4. The van der Waals surface area contributed by atoms with Crippen LogP contribution in [0.15, 0.2) is 24.3 Å². The summed E-state index contributed by atoms with van der Waals surface area (Å²) in [6.07, 6.45) is 0.745. The Hall–Kier alpha value is -1.69. The third-order valence-corrected chi connectivity index (χ3v) is 3.94. The van der Waals surface area contributed by atoms with Crippen molar-refractivity contribution in [2.75, 3.05) is 11.9 Å². The number of ether oxygens (including phenoxy) is 1. The first-order valence-electron chi connectivity index (χ1n) is 6.96. The van der Waals surface area contributed by atoms with Crippen LogP contribution in [0.3, 0.4) is 0 Å². The zero-order chi connectivity index (χ0) is 15.6. The molecule has 0 spiro atoms. The number of hydrogen-bond acceptors (Lipinski definition) is 3. The van der Waals surface area contributed by atoms with Gasteiger partial charge in [-0.25, -0.2) is 0 Å². The standard InChI is InChI=1S/C15H20F2N2O2/c1-10(2)19-9-8-15(19,3)13(20)18-11-6-4-5-7-12(11)21-14(16)17/h4-7,10,14H,8-9H2,1-3H3,(H,18,20). The first-order valence-corrected chi connectivity index (χ1v) is 6.96. The molecular weight excluding hydrogens is 278 g/mol. The largest absolute Gasteiger partial charge is 0.433 e. The highest BCUT2D eigenvalue weighted by molar-refractivity contribution is 5.99. The topological polar surface area (TPSA) is 41.6 Å². The third kappa shape index (κ3) is 3.15. The first kappa shape index (κ1) is 15.7. The summed E-state index contributed by atoms with van der Waals surface area (Å²) in [7, 11) is 0. The quantitative estimate of drug-likeness (QED) is 0.908. The zero-order valence-electron chi connectivity index (χ0n) is 12.4. The SMILES string of the molecule is CC(C)N1CCC1(C)C(=O)Nc1ccccc1OC(F)F. The molecule has 1 N–H and O–H groups in total. The smallest absolute Gasteiger partial charge is 0.387 e. The minimum atomic E-state index is -2.92. The van der Waals surface area contributed by atoms with E-state index in [2.05, 4.69) is 15.0 Å². The van der Waals surface area contributed by atoms with Gasteiger partial charge in [0.2, 0.25) is 5.91 Å². The fourth-order valence-electron chi connectivity index (χ4n) is 2.67. The van der Waals surface area contributed by atoms with E-state index in [1.54, 1.807) is 18.2 Å². The molecule has 1 unspecified atom stereocenters. The highest BCUT2D eigenvalue weighted by Gasteiger charge is 2.47. The summed E-state index contributed by atoms with van der Waals surface area (Å²) in [5.74, 6) is -0.229. The predicted octanol–water partition coefficient (Wildman–Crippen LogP) is 3.10. The second-order valence-corrected chi connectivity index (χ2v) is 5.64. The van der Waals surface area contributed by atoms with Crippen molar-refractivity contribution < 1.29 is 18.3 Å². The van der Waals surface area contributed by atoms with E-state index in [0.29, 0.717) is 0 Å². The molecule has 0 aliphatic carbocycles. The number of anilines is 1. The van der Waals surface area contributed by atoms with Crippen LogP contribution in [-0.4, -0.2) is 35.5 Å². The Kier molecular flexibility index (Phi) is 4.46. The number of carbonyl (C=O) groups is 1. The molecule has 0 radical (unpaired) electrons. The number of amides is 1. The molecular formula is C15H20F2N2O2. The van der Waals surface area contributed by atoms with Crippen LogP contribution in [0.1, 0.15) is 27.2 Å². The number of likely N-dealkylation sites (tertiary alicyclic amines) is 1. The van der Waals surface area contributed by atoms with Gasteiger partial charge in [0.15, 0.2) is 0 Å². The maximum absolute atomic E-state index is 12.5. The molecule has 1 aliphatic rings. The van der Waals surface area contributed by atoms with Crippen molar-refractivity contribution in [3.05, 3.63) is 24.3 Å². The van der Waals surface area contributed by atoms with Gasteiger partial charge < -0.3 is 10.1 Å². The van der Waals surface area contributed by atoms with Crippen LogP contribution >= 0.6 is 0 Å². The predicted molar refractivity (Wildman–Crippen MR) is 76.6 cm³/mol. The Morgan fingerprint density at radius 3 is 2.57 bits per heavy atom. The van der Waals surface area contributed by atoms with Gasteiger partial charge in [0, 0.05) is 12.6 Å². The van der Waals surface area contributed by atoms with E-state index in [9.17, 15) is 13.6 Å². The molecule has 2 rings (SSSR count). The van der Waals surface area contributed by atoms with Crippen molar-refractivity contribution in [3.8, 4) is 5.75 Å². The fraction of sp³-hybridized carbons (Fsp3) is 0.533. The number of benzene rings is 1. The number of rotatable bonds is 5. The van der Waals surface area contributed by atoms with Gasteiger partial charge in [-0.2, -0.15) is 8.78 Å². The minimum absolute atomic E-state index is 0.0279. The molecule has 0 bridgehead atoms. The van der Waals surface area contributed by atoms with Crippen LogP contribution in [0, 0.1) is 0 Å². The van der Waals surface area contributed by atoms with E-state index in [0.717, 1.165) is 13.0 Å². The van der Waals surface area contributed by atoms with Crippen molar-refractivity contribution in [3.63, 3.8) is 0 Å². The Labute approximate surface area is 123 Å². The molecule has 1 amide bonds. The summed E-state index contributed by atoms with van der Waals surface area (Å²) in [5.41, 5.74) is -0.342. The fourth-order valence-corrected chi connectivity index (χ4v) is 2.67. The number of carbonyl (C=O) groups excluding carboxylic acids is 1. The highest BCUT2D eigenvalue weighted by atomic mass is 19.3. The van der Waals surface area contributed by atoms with Crippen LogP contribution in [0.5, 0.6) is 5.75 Å². The van der Waals surface area contributed by atoms with E-state index < -0.39 is 12.2 Å². The molecule has 0 saturated carbocycles. The van der Waals surface area contributed by atoms with Gasteiger partial charge in [-0.1, -0.05) is 12.1 Å². The van der Waals surface area contributed by atoms with Gasteiger partial charge in [0.25, 0.3) is 0 Å². The molecule has 1 aromatic carbocycles. The average molecular weight is 298 g/mol. The van der Waals surface area contributed by atoms with Crippen LogP contribution < -0.4 is 10.1 Å². The molecule has 1 atom stereocenters. The lowest BCUT2D eigenvalue weighted by Gasteiger charge is -2.51. The highest BCUT2D eigenvalue weighted by Crippen LogP contribution is 2.35.